The van der Waals surface area contributed by atoms with E-state index >= 15 is 0 Å². The van der Waals surface area contributed by atoms with Crippen molar-refractivity contribution in [3.8, 4) is 0 Å². The van der Waals surface area contributed by atoms with E-state index in [-0.39, 0.29) is 47.0 Å². The largest absolute Gasteiger partial charge is 1.00 e. The molecule has 0 aliphatic rings. The van der Waals surface area contributed by atoms with Gasteiger partial charge in [0.25, 0.3) is 0 Å². The topological polar surface area (TPSA) is 144 Å². The summed E-state index contributed by atoms with van der Waals surface area (Å²) in [4.78, 5) is 56.1. The van der Waals surface area contributed by atoms with Gasteiger partial charge in [-0.15, -0.1) is 0 Å². The molecule has 9 nitrogen and oxygen atoms in total. The molecule has 0 spiro atoms. The van der Waals surface area contributed by atoms with Crippen molar-refractivity contribution < 1.29 is 58.6 Å². The van der Waals surface area contributed by atoms with E-state index in [1.807, 2.05) is 5.32 Å². The molecule has 3 amide bonds. The fourth-order valence-electron chi connectivity index (χ4n) is 1.49. The molecule has 0 aliphatic carbocycles. The zero-order chi connectivity index (χ0) is 18.7. The Balaban J connectivity index is 0.00000625. The maximum absolute atomic E-state index is 11.8. The van der Waals surface area contributed by atoms with E-state index in [4.69, 9.17) is 0 Å². The fourth-order valence-corrected chi connectivity index (χ4v) is 2.16. The van der Waals surface area contributed by atoms with Gasteiger partial charge in [0, 0.05) is 5.56 Å². The van der Waals surface area contributed by atoms with Crippen molar-refractivity contribution in [2.45, 2.75) is 0 Å². The summed E-state index contributed by atoms with van der Waals surface area (Å²) < 4.78 is 0. The Kier molecular flexibility index (Phi) is 12.4. The zero-order valence-electron chi connectivity index (χ0n) is 14.1. The average Bonchev–Trinajstić information content (AvgIpc) is 2.61. The number of carbonyl (C=O) groups is 5. The van der Waals surface area contributed by atoms with Crippen LogP contribution in [0.25, 0.3) is 0 Å². The Morgan fingerprint density at radius 1 is 0.808 bits per heavy atom. The fraction of sp³-hybridized carbons (Fsp3) is 0.267. The van der Waals surface area contributed by atoms with E-state index in [1.165, 1.54) is 0 Å². The molecule has 0 heterocycles. The number of carboxylic acids is 1. The molecule has 3 N–H and O–H groups in total. The average molecular weight is 389 g/mol. The quantitative estimate of drug-likeness (QED) is 0.358. The predicted molar refractivity (Wildman–Crippen MR) is 87.3 cm³/mol. The summed E-state index contributed by atoms with van der Waals surface area (Å²) in [5, 5.41) is 16.4. The minimum atomic E-state index is -1.45. The van der Waals surface area contributed by atoms with Crippen LogP contribution < -0.4 is 50.6 Å². The van der Waals surface area contributed by atoms with Gasteiger partial charge in [-0.2, -0.15) is 0 Å². The molecular weight excluding hydrogens is 373 g/mol. The van der Waals surface area contributed by atoms with E-state index in [2.05, 4.69) is 10.6 Å². The number of nitrogens with one attached hydrogen (secondary N) is 3. The van der Waals surface area contributed by atoms with Gasteiger partial charge in [0.1, 0.15) is 0 Å². The van der Waals surface area contributed by atoms with Gasteiger partial charge >= 0.3 is 29.6 Å². The Morgan fingerprint density at radius 3 is 1.85 bits per heavy atom. The van der Waals surface area contributed by atoms with Crippen LogP contribution in [-0.4, -0.2) is 54.2 Å². The van der Waals surface area contributed by atoms with Crippen LogP contribution in [0.2, 0.25) is 0 Å². The van der Waals surface area contributed by atoms with Crippen LogP contribution in [0.4, 0.5) is 0 Å². The van der Waals surface area contributed by atoms with Gasteiger partial charge in [0.2, 0.25) is 22.8 Å². The van der Waals surface area contributed by atoms with E-state index in [0.29, 0.717) is 5.56 Å². The van der Waals surface area contributed by atoms with Gasteiger partial charge < -0.3 is 25.9 Å². The third-order valence-corrected chi connectivity index (χ3v) is 3.57. The second-order valence-corrected chi connectivity index (χ2v) is 5.59. The third kappa shape index (κ3) is 10.9. The second-order valence-electron chi connectivity index (χ2n) is 4.64. The van der Waals surface area contributed by atoms with Crippen LogP contribution >= 0.6 is 11.8 Å². The molecule has 11 heteroatoms. The number of amides is 3. The number of aliphatic carboxylic acids is 1. The maximum atomic E-state index is 11.8. The summed E-state index contributed by atoms with van der Waals surface area (Å²) in [5.74, 6) is -3.43. The van der Waals surface area contributed by atoms with Crippen molar-refractivity contribution >= 4 is 40.6 Å². The van der Waals surface area contributed by atoms with Crippen molar-refractivity contribution in [1.82, 2.24) is 16.0 Å². The van der Waals surface area contributed by atoms with Gasteiger partial charge in [-0.05, 0) is 0 Å². The predicted octanol–water partition coefficient (Wildman–Crippen LogP) is -5.34. The minimum absolute atomic E-state index is 0. The molecule has 0 saturated heterocycles. The first kappa shape index (κ1) is 24.1. The second kappa shape index (κ2) is 13.3. The summed E-state index contributed by atoms with van der Waals surface area (Å²) in [6, 6.07) is 8.45. The van der Waals surface area contributed by atoms with Gasteiger partial charge in [-0.3, -0.25) is 19.2 Å². The molecule has 0 radical (unpaired) electrons. The molecule has 0 aliphatic heterocycles. The summed E-state index contributed by atoms with van der Waals surface area (Å²) >= 11 is 0.809. The summed E-state index contributed by atoms with van der Waals surface area (Å²) in [6.45, 7) is -1.45. The normalized spacial score (nSPS) is 9.38. The van der Waals surface area contributed by atoms with Crippen molar-refractivity contribution in [2.75, 3.05) is 25.4 Å². The van der Waals surface area contributed by atoms with Gasteiger partial charge in [0.05, 0.1) is 31.4 Å². The monoisotopic (exact) mass is 389 g/mol. The van der Waals surface area contributed by atoms with Crippen molar-refractivity contribution in [1.29, 1.82) is 0 Å². The van der Waals surface area contributed by atoms with Crippen molar-refractivity contribution in [2.24, 2.45) is 0 Å². The first-order chi connectivity index (χ1) is 11.9. The van der Waals surface area contributed by atoms with Gasteiger partial charge in [-0.25, -0.2) is 0 Å². The molecule has 0 fully saturated rings. The first-order valence-electron chi connectivity index (χ1n) is 7.10. The number of carbonyl (C=O) groups excluding carboxylic acids is 5. The van der Waals surface area contributed by atoms with Crippen LogP contribution in [0.1, 0.15) is 10.4 Å². The van der Waals surface area contributed by atoms with E-state index in [0.717, 1.165) is 11.8 Å². The third-order valence-electron chi connectivity index (χ3n) is 2.67. The number of thioether (sulfide) groups is 1. The van der Waals surface area contributed by atoms with Crippen LogP contribution in [-0.2, 0) is 19.2 Å². The Hall–Kier alpha value is -1.88. The Morgan fingerprint density at radius 2 is 1.31 bits per heavy atom. The molecule has 134 valence electrons. The number of hydrogen-bond acceptors (Lipinski definition) is 7. The van der Waals surface area contributed by atoms with Crippen LogP contribution in [0, 0.1) is 0 Å². The van der Waals surface area contributed by atoms with Crippen LogP contribution in [0.3, 0.4) is 0 Å². The smallest absolute Gasteiger partial charge is 0.548 e. The first-order valence-corrected chi connectivity index (χ1v) is 8.09. The van der Waals surface area contributed by atoms with Crippen LogP contribution in [0.15, 0.2) is 30.3 Å². The molecule has 1 rings (SSSR count). The number of benzene rings is 1. The number of carboxylic acid groups (broad SMARTS) is 1. The van der Waals surface area contributed by atoms with E-state index < -0.39 is 36.8 Å². The van der Waals surface area contributed by atoms with Crippen LogP contribution in [0.5, 0.6) is 0 Å². The number of hydrogen-bond donors (Lipinski definition) is 3. The molecule has 0 unspecified atom stereocenters. The molecule has 1 aromatic carbocycles. The van der Waals surface area contributed by atoms with Crippen molar-refractivity contribution in [3.63, 3.8) is 0 Å². The zero-order valence-corrected chi connectivity index (χ0v) is 16.9. The van der Waals surface area contributed by atoms with E-state index in [1.54, 1.807) is 30.3 Å². The molecular formula is C15H16N3NaO6S. The molecule has 1 aromatic rings. The van der Waals surface area contributed by atoms with Gasteiger partial charge in [-0.1, -0.05) is 42.1 Å². The molecule has 26 heavy (non-hydrogen) atoms. The SMILES string of the molecule is O=C([O-])CNC(=O)CNC(=O)CNC(=O)CSC(=O)c1ccccc1.[Na+]. The van der Waals surface area contributed by atoms with Crippen molar-refractivity contribution in [3.05, 3.63) is 35.9 Å². The molecule has 0 bridgehead atoms. The maximum Gasteiger partial charge on any atom is 1.00 e. The van der Waals surface area contributed by atoms with E-state index in [9.17, 15) is 29.1 Å². The Labute approximate surface area is 176 Å². The van der Waals surface area contributed by atoms with Gasteiger partial charge in [0.15, 0.2) is 0 Å². The summed E-state index contributed by atoms with van der Waals surface area (Å²) in [7, 11) is 0. The molecule has 0 aromatic heterocycles. The molecule has 0 saturated carbocycles. The number of rotatable bonds is 9. The summed E-state index contributed by atoms with van der Waals surface area (Å²) in [6.07, 6.45) is 0. The Bertz CT molecular complexity index is 656. The summed E-state index contributed by atoms with van der Waals surface area (Å²) in [5.41, 5.74) is 0.473. The standard InChI is InChI=1S/C15H17N3O6S.Na/c19-11(16-6-12(20)18-8-14(22)23)7-17-13(21)9-25-15(24)10-4-2-1-3-5-10;/h1-5H,6-9H2,(H,16,19)(H,17,21)(H,18,20)(H,22,23);/q;+1/p-1. The minimum Gasteiger partial charge on any atom is -0.548 e. The molecule has 0 atom stereocenters.